The van der Waals surface area contributed by atoms with Gasteiger partial charge in [0.15, 0.2) is 5.75 Å². The number of nitrogen functional groups attached to an aromatic ring is 1. The van der Waals surface area contributed by atoms with Gasteiger partial charge in [0.25, 0.3) is 0 Å². The van der Waals surface area contributed by atoms with E-state index < -0.39 is 4.92 Å². The van der Waals surface area contributed by atoms with Crippen LogP contribution >= 0.6 is 11.3 Å². The molecule has 1 heterocycles. The Morgan fingerprint density at radius 3 is 2.95 bits per heavy atom. The number of aryl methyl sites for hydroxylation is 1. The summed E-state index contributed by atoms with van der Waals surface area (Å²) in [5.74, 6) is 5.47. The van der Waals surface area contributed by atoms with Crippen LogP contribution in [0.25, 0.3) is 0 Å². The predicted molar refractivity (Wildman–Crippen MR) is 77.0 cm³/mol. The molecule has 7 nitrogen and oxygen atoms in total. The van der Waals surface area contributed by atoms with Gasteiger partial charge in [0.2, 0.25) is 0 Å². The summed E-state index contributed by atoms with van der Waals surface area (Å²) in [6, 6.07) is 4.73. The highest BCUT2D eigenvalue weighted by atomic mass is 32.1. The second kappa shape index (κ2) is 6.31. The lowest BCUT2D eigenvalue weighted by Crippen LogP contribution is -2.10. The summed E-state index contributed by atoms with van der Waals surface area (Å²) < 4.78 is 5.51. The van der Waals surface area contributed by atoms with Gasteiger partial charge in [-0.15, -0.1) is 11.3 Å². The number of anilines is 1. The van der Waals surface area contributed by atoms with Crippen molar-refractivity contribution >= 4 is 22.7 Å². The van der Waals surface area contributed by atoms with Crippen molar-refractivity contribution in [2.45, 2.75) is 13.3 Å². The first-order chi connectivity index (χ1) is 9.63. The molecule has 0 saturated heterocycles. The van der Waals surface area contributed by atoms with E-state index in [0.717, 1.165) is 10.6 Å². The third kappa shape index (κ3) is 3.03. The smallest absolute Gasteiger partial charge is 0.335 e. The number of aromatic nitrogens is 1. The normalized spacial score (nSPS) is 10.3. The molecule has 20 heavy (non-hydrogen) atoms. The van der Waals surface area contributed by atoms with Crippen LogP contribution in [0.3, 0.4) is 0 Å². The summed E-state index contributed by atoms with van der Waals surface area (Å²) in [5, 5.41) is 11.1. The van der Waals surface area contributed by atoms with Crippen LogP contribution in [0.5, 0.6) is 5.75 Å². The number of hydrogen-bond acceptors (Lipinski definition) is 7. The number of benzene rings is 1. The molecular formula is C12H14N4O3S. The quantitative estimate of drug-likeness (QED) is 0.481. The zero-order valence-corrected chi connectivity index (χ0v) is 11.6. The lowest BCUT2D eigenvalue weighted by atomic mass is 10.2. The average Bonchev–Trinajstić information content (AvgIpc) is 2.84. The molecule has 0 aliphatic carbocycles. The topological polar surface area (TPSA) is 103 Å². The molecule has 0 aliphatic rings. The number of thiazole rings is 1. The van der Waals surface area contributed by atoms with Crippen LogP contribution < -0.4 is 16.0 Å². The van der Waals surface area contributed by atoms with Crippen molar-refractivity contribution in [3.05, 3.63) is 44.4 Å². The van der Waals surface area contributed by atoms with Crippen LogP contribution in [-0.2, 0) is 6.42 Å². The predicted octanol–water partition coefficient (Wildman–Crippen LogP) is 2.27. The minimum absolute atomic E-state index is 0.156. The molecule has 1 aromatic heterocycles. The van der Waals surface area contributed by atoms with E-state index in [-0.39, 0.29) is 17.1 Å². The lowest BCUT2D eigenvalue weighted by molar-refractivity contribution is -0.385. The number of nitrogens with one attached hydrogen (secondary N) is 1. The summed E-state index contributed by atoms with van der Waals surface area (Å²) in [4.78, 5) is 15.8. The van der Waals surface area contributed by atoms with Gasteiger partial charge < -0.3 is 10.2 Å². The van der Waals surface area contributed by atoms with Gasteiger partial charge in [-0.1, -0.05) is 6.07 Å². The zero-order chi connectivity index (χ0) is 14.5. The van der Waals surface area contributed by atoms with Crippen molar-refractivity contribution in [3.63, 3.8) is 0 Å². The molecule has 0 unspecified atom stereocenters. The molecule has 8 heteroatoms. The Balaban J connectivity index is 2.09. The number of hydrazine groups is 1. The Hall–Kier alpha value is -2.19. The van der Waals surface area contributed by atoms with Crippen LogP contribution in [0.2, 0.25) is 0 Å². The minimum Gasteiger partial charge on any atom is -0.486 e. The SMILES string of the molecule is Cc1ncsc1CCOc1cccc(NN)c1[N+](=O)[O-]. The van der Waals surface area contributed by atoms with Crippen LogP contribution in [0.4, 0.5) is 11.4 Å². The van der Waals surface area contributed by atoms with Gasteiger partial charge in [-0.2, -0.15) is 0 Å². The summed E-state index contributed by atoms with van der Waals surface area (Å²) in [5.41, 5.74) is 5.10. The van der Waals surface area contributed by atoms with Crippen molar-refractivity contribution in [2.24, 2.45) is 5.84 Å². The molecular weight excluding hydrogens is 280 g/mol. The number of nitrogens with two attached hydrogens (primary N) is 1. The van der Waals surface area contributed by atoms with E-state index in [4.69, 9.17) is 10.6 Å². The van der Waals surface area contributed by atoms with E-state index in [2.05, 4.69) is 10.4 Å². The lowest BCUT2D eigenvalue weighted by Gasteiger charge is -2.09. The van der Waals surface area contributed by atoms with E-state index in [1.54, 1.807) is 29.0 Å². The Morgan fingerprint density at radius 1 is 1.55 bits per heavy atom. The molecule has 0 saturated carbocycles. The maximum absolute atomic E-state index is 11.1. The number of nitro benzene ring substituents is 1. The molecule has 0 bridgehead atoms. The Morgan fingerprint density at radius 2 is 2.35 bits per heavy atom. The van der Waals surface area contributed by atoms with Crippen molar-refractivity contribution in [1.82, 2.24) is 4.98 Å². The molecule has 0 aliphatic heterocycles. The van der Waals surface area contributed by atoms with Gasteiger partial charge in [-0.3, -0.25) is 16.0 Å². The van der Waals surface area contributed by atoms with E-state index >= 15 is 0 Å². The molecule has 106 valence electrons. The Kier molecular flexibility index (Phi) is 4.49. The molecule has 0 fully saturated rings. The highest BCUT2D eigenvalue weighted by Crippen LogP contribution is 2.34. The zero-order valence-electron chi connectivity index (χ0n) is 10.8. The number of rotatable bonds is 6. The van der Waals surface area contributed by atoms with E-state index in [9.17, 15) is 10.1 Å². The highest BCUT2D eigenvalue weighted by Gasteiger charge is 2.20. The first kappa shape index (κ1) is 14.2. The number of ether oxygens (including phenoxy) is 1. The van der Waals surface area contributed by atoms with Gasteiger partial charge in [0.1, 0.15) is 5.69 Å². The van der Waals surface area contributed by atoms with E-state index in [1.165, 1.54) is 6.07 Å². The summed E-state index contributed by atoms with van der Waals surface area (Å²) in [6.45, 7) is 2.27. The molecule has 1 aromatic carbocycles. The third-order valence-corrected chi connectivity index (χ3v) is 3.76. The summed E-state index contributed by atoms with van der Waals surface area (Å²) in [7, 11) is 0. The number of hydrogen-bond donors (Lipinski definition) is 2. The van der Waals surface area contributed by atoms with Gasteiger partial charge in [0.05, 0.1) is 22.7 Å². The molecule has 0 atom stereocenters. The number of nitrogens with zero attached hydrogens (tertiary/aromatic N) is 2. The Labute approximate surface area is 119 Å². The third-order valence-electron chi connectivity index (χ3n) is 2.77. The summed E-state index contributed by atoms with van der Waals surface area (Å²) in [6.07, 6.45) is 0.661. The molecule has 0 radical (unpaired) electrons. The number of nitro groups is 1. The fraction of sp³-hybridized carbons (Fsp3) is 0.250. The molecule has 0 amide bonds. The van der Waals surface area contributed by atoms with Gasteiger partial charge in [0, 0.05) is 11.3 Å². The molecule has 3 N–H and O–H groups in total. The monoisotopic (exact) mass is 294 g/mol. The van der Waals surface area contributed by atoms with Gasteiger partial charge in [-0.25, -0.2) is 4.98 Å². The largest absolute Gasteiger partial charge is 0.486 e. The maximum Gasteiger partial charge on any atom is 0.335 e. The summed E-state index contributed by atoms with van der Waals surface area (Å²) >= 11 is 1.55. The van der Waals surface area contributed by atoms with Gasteiger partial charge >= 0.3 is 5.69 Å². The second-order valence-electron chi connectivity index (χ2n) is 4.01. The van der Waals surface area contributed by atoms with Gasteiger partial charge in [-0.05, 0) is 19.1 Å². The maximum atomic E-state index is 11.1. The van der Waals surface area contributed by atoms with Crippen molar-refractivity contribution in [3.8, 4) is 5.75 Å². The van der Waals surface area contributed by atoms with E-state index in [0.29, 0.717) is 13.0 Å². The standard InChI is InChI=1S/C12H14N4O3S/c1-8-11(20-7-14-8)5-6-19-10-4-2-3-9(15-13)12(10)16(17)18/h2-4,7,15H,5-6,13H2,1H3. The first-order valence-electron chi connectivity index (χ1n) is 5.89. The first-order valence-corrected chi connectivity index (χ1v) is 6.77. The van der Waals surface area contributed by atoms with E-state index in [1.807, 2.05) is 6.92 Å². The molecule has 0 spiro atoms. The van der Waals surface area contributed by atoms with Crippen LogP contribution in [0.1, 0.15) is 10.6 Å². The van der Waals surface area contributed by atoms with Crippen LogP contribution in [0, 0.1) is 17.0 Å². The Bertz CT molecular complexity index is 614. The van der Waals surface area contributed by atoms with Crippen LogP contribution in [0.15, 0.2) is 23.7 Å². The fourth-order valence-corrected chi connectivity index (χ4v) is 2.53. The van der Waals surface area contributed by atoms with Crippen molar-refractivity contribution in [1.29, 1.82) is 0 Å². The average molecular weight is 294 g/mol. The van der Waals surface area contributed by atoms with Crippen molar-refractivity contribution < 1.29 is 9.66 Å². The highest BCUT2D eigenvalue weighted by molar-refractivity contribution is 7.09. The molecule has 2 rings (SSSR count). The second-order valence-corrected chi connectivity index (χ2v) is 4.95. The number of para-hydroxylation sites is 1. The van der Waals surface area contributed by atoms with Crippen LogP contribution in [-0.4, -0.2) is 16.5 Å². The van der Waals surface area contributed by atoms with Crippen molar-refractivity contribution in [2.75, 3.05) is 12.0 Å². The molecule has 2 aromatic rings. The minimum atomic E-state index is -0.511. The fourth-order valence-electron chi connectivity index (χ4n) is 1.76.